The molecule has 66 valence electrons. The Balaban J connectivity index is 2.43. The Hall–Kier alpha value is -1.52. The number of nitrogens with zero attached hydrogens (tertiary/aromatic N) is 3. The van der Waals surface area contributed by atoms with E-state index < -0.39 is 0 Å². The van der Waals surface area contributed by atoms with Crippen molar-refractivity contribution >= 4 is 6.02 Å². The van der Waals surface area contributed by atoms with Crippen LogP contribution in [0.1, 0.15) is 5.56 Å². The van der Waals surface area contributed by atoms with Crippen LogP contribution in [0.5, 0.6) is 0 Å². The van der Waals surface area contributed by atoms with Gasteiger partial charge >= 0.3 is 0 Å². The first-order chi connectivity index (χ1) is 5.72. The largest absolute Gasteiger partial charge is 0.460 e. The summed E-state index contributed by atoms with van der Waals surface area (Å²) < 4.78 is 6.77. The van der Waals surface area contributed by atoms with Crippen molar-refractivity contribution in [1.29, 1.82) is 0 Å². The third kappa shape index (κ3) is 2.26. The number of ether oxygens (including phenoxy) is 1. The maximum atomic E-state index is 5.33. The predicted molar refractivity (Wildman–Crippen MR) is 45.5 cm³/mol. The van der Waals surface area contributed by atoms with Crippen molar-refractivity contribution in [3.63, 3.8) is 0 Å². The smallest absolute Gasteiger partial charge is 0.281 e. The minimum atomic E-state index is 0.193. The van der Waals surface area contributed by atoms with E-state index in [-0.39, 0.29) is 6.02 Å². The van der Waals surface area contributed by atoms with Gasteiger partial charge in [-0.3, -0.25) is 4.68 Å². The van der Waals surface area contributed by atoms with E-state index in [2.05, 4.69) is 10.1 Å². The van der Waals surface area contributed by atoms with Crippen LogP contribution in [0.2, 0.25) is 0 Å². The third-order valence-electron chi connectivity index (χ3n) is 1.37. The Kier molecular flexibility index (Phi) is 2.68. The molecular weight excluding hydrogens is 156 g/mol. The van der Waals surface area contributed by atoms with E-state index in [0.29, 0.717) is 6.61 Å². The number of hydrogen-bond donors (Lipinski definition) is 1. The number of nitrogens with two attached hydrogens (primary N) is 1. The van der Waals surface area contributed by atoms with Crippen LogP contribution in [-0.4, -0.2) is 22.8 Å². The molecule has 0 aliphatic rings. The van der Waals surface area contributed by atoms with Gasteiger partial charge in [0.25, 0.3) is 6.02 Å². The van der Waals surface area contributed by atoms with Gasteiger partial charge < -0.3 is 10.5 Å². The first-order valence-electron chi connectivity index (χ1n) is 3.55. The molecule has 5 heteroatoms. The van der Waals surface area contributed by atoms with Gasteiger partial charge in [0.05, 0.1) is 6.20 Å². The topological polar surface area (TPSA) is 65.4 Å². The van der Waals surface area contributed by atoms with Crippen LogP contribution >= 0.6 is 0 Å². The van der Waals surface area contributed by atoms with Crippen LogP contribution in [0.15, 0.2) is 17.4 Å². The Morgan fingerprint density at radius 3 is 3.08 bits per heavy atom. The molecule has 0 atom stereocenters. The molecule has 5 nitrogen and oxygen atoms in total. The summed E-state index contributed by atoms with van der Waals surface area (Å²) in [5.74, 6) is 0. The van der Waals surface area contributed by atoms with E-state index in [4.69, 9.17) is 10.5 Å². The molecule has 0 aliphatic heterocycles. The lowest BCUT2D eigenvalue weighted by Crippen LogP contribution is -2.15. The SMILES string of the molecule is CN=C(N)OCc1cnn(C)c1. The first-order valence-corrected chi connectivity index (χ1v) is 3.55. The summed E-state index contributed by atoms with van der Waals surface area (Å²) >= 11 is 0. The second-order valence-electron chi connectivity index (χ2n) is 2.37. The fraction of sp³-hybridized carbons (Fsp3) is 0.429. The monoisotopic (exact) mass is 168 g/mol. The summed E-state index contributed by atoms with van der Waals surface area (Å²) in [7, 11) is 3.43. The standard InChI is InChI=1S/C7H12N4O/c1-9-7(8)12-5-6-3-10-11(2)4-6/h3-4H,5H2,1-2H3,(H2,8,9). The van der Waals surface area contributed by atoms with E-state index in [9.17, 15) is 0 Å². The fourth-order valence-corrected chi connectivity index (χ4v) is 0.768. The Morgan fingerprint density at radius 1 is 1.83 bits per heavy atom. The third-order valence-corrected chi connectivity index (χ3v) is 1.37. The van der Waals surface area contributed by atoms with Crippen LogP contribution in [0, 0.1) is 0 Å². The number of aromatic nitrogens is 2. The summed E-state index contributed by atoms with van der Waals surface area (Å²) in [5, 5.41) is 3.98. The first kappa shape index (κ1) is 8.58. The molecule has 1 rings (SSSR count). The van der Waals surface area contributed by atoms with Gasteiger partial charge in [-0.25, -0.2) is 4.99 Å². The molecule has 0 saturated carbocycles. The lowest BCUT2D eigenvalue weighted by molar-refractivity contribution is 0.287. The molecular formula is C7H12N4O. The molecule has 0 aliphatic carbocycles. The number of aliphatic imine (C=N–C) groups is 1. The van der Waals surface area contributed by atoms with Gasteiger partial charge in [-0.05, 0) is 0 Å². The zero-order chi connectivity index (χ0) is 8.97. The van der Waals surface area contributed by atoms with Gasteiger partial charge in [-0.2, -0.15) is 5.10 Å². The zero-order valence-electron chi connectivity index (χ0n) is 7.19. The molecule has 0 bridgehead atoms. The quantitative estimate of drug-likeness (QED) is 0.494. The molecule has 0 radical (unpaired) electrons. The lowest BCUT2D eigenvalue weighted by atomic mass is 10.4. The molecule has 0 spiro atoms. The summed E-state index contributed by atoms with van der Waals surface area (Å²) in [4.78, 5) is 3.66. The molecule has 1 aromatic rings. The number of hydrogen-bond acceptors (Lipinski definition) is 3. The minimum absolute atomic E-state index is 0.193. The summed E-state index contributed by atoms with van der Waals surface area (Å²) in [6, 6.07) is 0.193. The zero-order valence-corrected chi connectivity index (χ0v) is 7.19. The van der Waals surface area contributed by atoms with Gasteiger partial charge in [0.15, 0.2) is 0 Å². The average molecular weight is 168 g/mol. The maximum Gasteiger partial charge on any atom is 0.281 e. The molecule has 0 aromatic carbocycles. The van der Waals surface area contributed by atoms with Gasteiger partial charge in [0.1, 0.15) is 6.61 Å². The molecule has 12 heavy (non-hydrogen) atoms. The Labute approximate surface area is 70.8 Å². The van der Waals surface area contributed by atoms with Crippen molar-refractivity contribution in [2.75, 3.05) is 7.05 Å². The summed E-state index contributed by atoms with van der Waals surface area (Å²) in [6.07, 6.45) is 3.59. The summed E-state index contributed by atoms with van der Waals surface area (Å²) in [6.45, 7) is 0.414. The van der Waals surface area contributed by atoms with E-state index in [1.807, 2.05) is 13.2 Å². The van der Waals surface area contributed by atoms with Crippen molar-refractivity contribution in [1.82, 2.24) is 9.78 Å². The number of rotatable bonds is 2. The molecule has 0 unspecified atom stereocenters. The summed E-state index contributed by atoms with van der Waals surface area (Å²) in [5.41, 5.74) is 6.30. The second kappa shape index (κ2) is 3.75. The molecule has 0 fully saturated rings. The van der Waals surface area contributed by atoms with Gasteiger partial charge in [0.2, 0.25) is 0 Å². The van der Waals surface area contributed by atoms with Gasteiger partial charge in [0, 0.05) is 25.9 Å². The maximum absolute atomic E-state index is 5.33. The van der Waals surface area contributed by atoms with Crippen LogP contribution in [0.25, 0.3) is 0 Å². The highest BCUT2D eigenvalue weighted by molar-refractivity contribution is 5.71. The minimum Gasteiger partial charge on any atom is -0.460 e. The van der Waals surface area contributed by atoms with Crippen LogP contribution in [-0.2, 0) is 18.4 Å². The van der Waals surface area contributed by atoms with Crippen molar-refractivity contribution in [3.05, 3.63) is 18.0 Å². The lowest BCUT2D eigenvalue weighted by Gasteiger charge is -2.00. The van der Waals surface area contributed by atoms with E-state index in [1.165, 1.54) is 0 Å². The Morgan fingerprint density at radius 2 is 2.58 bits per heavy atom. The van der Waals surface area contributed by atoms with E-state index in [1.54, 1.807) is 17.9 Å². The van der Waals surface area contributed by atoms with Crippen molar-refractivity contribution in [3.8, 4) is 0 Å². The highest BCUT2D eigenvalue weighted by Gasteiger charge is 1.96. The Bertz CT molecular complexity index is 279. The molecule has 1 heterocycles. The van der Waals surface area contributed by atoms with Crippen LogP contribution in [0.3, 0.4) is 0 Å². The number of aryl methyl sites for hydroxylation is 1. The predicted octanol–water partition coefficient (Wildman–Crippen LogP) is -0.119. The molecule has 1 aromatic heterocycles. The van der Waals surface area contributed by atoms with Crippen LogP contribution in [0.4, 0.5) is 0 Å². The van der Waals surface area contributed by atoms with E-state index in [0.717, 1.165) is 5.56 Å². The van der Waals surface area contributed by atoms with Gasteiger partial charge in [-0.15, -0.1) is 0 Å². The fourth-order valence-electron chi connectivity index (χ4n) is 0.768. The van der Waals surface area contributed by atoms with E-state index >= 15 is 0 Å². The molecule has 0 amide bonds. The molecule has 2 N–H and O–H groups in total. The van der Waals surface area contributed by atoms with Crippen molar-refractivity contribution in [2.24, 2.45) is 17.8 Å². The van der Waals surface area contributed by atoms with Crippen molar-refractivity contribution < 1.29 is 4.74 Å². The normalized spacial score (nSPS) is 11.7. The average Bonchev–Trinajstić information content (AvgIpc) is 2.47. The second-order valence-corrected chi connectivity index (χ2v) is 2.37. The van der Waals surface area contributed by atoms with Crippen LogP contribution < -0.4 is 5.73 Å². The number of amidine groups is 1. The highest BCUT2D eigenvalue weighted by atomic mass is 16.5. The highest BCUT2D eigenvalue weighted by Crippen LogP contribution is 1.97. The van der Waals surface area contributed by atoms with Gasteiger partial charge in [-0.1, -0.05) is 0 Å². The molecule has 0 saturated heterocycles. The van der Waals surface area contributed by atoms with Crippen molar-refractivity contribution in [2.45, 2.75) is 6.61 Å².